The number of benzene rings is 2. The highest BCUT2D eigenvalue weighted by Gasteiger charge is 2.20. The van der Waals surface area contributed by atoms with E-state index in [0.717, 1.165) is 24.1 Å². The molecule has 2 aromatic carbocycles. The predicted octanol–water partition coefficient (Wildman–Crippen LogP) is 4.92. The van der Waals surface area contributed by atoms with Gasteiger partial charge in [-0.05, 0) is 61.2 Å². The fraction of sp³-hybridized carbons (Fsp3) is 0.300. The van der Waals surface area contributed by atoms with Gasteiger partial charge in [-0.2, -0.15) is 0 Å². The maximum atomic E-state index is 3.58. The molecule has 0 spiro atoms. The Hall–Kier alpha value is -1.58. The highest BCUT2D eigenvalue weighted by molar-refractivity contribution is 9.10. The maximum absolute atomic E-state index is 3.58. The van der Waals surface area contributed by atoms with E-state index in [9.17, 15) is 0 Å². The van der Waals surface area contributed by atoms with Crippen LogP contribution in [0.15, 0.2) is 59.2 Å². The van der Waals surface area contributed by atoms with E-state index in [0.29, 0.717) is 5.92 Å². The number of hydrogen-bond donors (Lipinski definition) is 1. The topological polar surface area (TPSA) is 17.0 Å². The fourth-order valence-corrected chi connectivity index (χ4v) is 4.14. The molecule has 2 nitrogen and oxygen atoms in total. The summed E-state index contributed by atoms with van der Waals surface area (Å²) in [5.41, 5.74) is 4.20. The van der Waals surface area contributed by atoms with Gasteiger partial charge in [0, 0.05) is 28.1 Å². The molecule has 0 amide bonds. The monoisotopic (exact) mass is 368 g/mol. The van der Waals surface area contributed by atoms with Crippen molar-refractivity contribution in [2.45, 2.75) is 25.3 Å². The molecule has 0 unspecified atom stereocenters. The number of para-hydroxylation sites is 1. The van der Waals surface area contributed by atoms with Gasteiger partial charge in [0.15, 0.2) is 0 Å². The van der Waals surface area contributed by atoms with E-state index in [1.165, 1.54) is 34.9 Å². The number of hydrogen-bond acceptors (Lipinski definition) is 1. The molecule has 3 heteroatoms. The molecule has 4 rings (SSSR count). The van der Waals surface area contributed by atoms with Crippen molar-refractivity contribution < 1.29 is 0 Å². The summed E-state index contributed by atoms with van der Waals surface area (Å²) in [5, 5.41) is 4.90. The molecule has 0 atom stereocenters. The van der Waals surface area contributed by atoms with Crippen LogP contribution in [-0.2, 0) is 6.54 Å². The van der Waals surface area contributed by atoms with Crippen molar-refractivity contribution in [3.05, 3.63) is 70.3 Å². The van der Waals surface area contributed by atoms with Gasteiger partial charge < -0.3 is 9.88 Å². The van der Waals surface area contributed by atoms with Crippen molar-refractivity contribution in [2.24, 2.45) is 0 Å². The van der Waals surface area contributed by atoms with Gasteiger partial charge in [-0.3, -0.25) is 0 Å². The standard InChI is InChI=1S/C20H21BrN2/c21-17-5-3-4-15(12-17)13-23-14-19(16-8-10-22-11-9-16)18-6-1-2-7-20(18)23/h1-7,12,14,16,22H,8-11,13H2. The smallest absolute Gasteiger partial charge is 0.0486 e. The summed E-state index contributed by atoms with van der Waals surface area (Å²) in [4.78, 5) is 0. The Morgan fingerprint density at radius 2 is 1.87 bits per heavy atom. The summed E-state index contributed by atoms with van der Waals surface area (Å²) in [6.07, 6.45) is 4.87. The number of aromatic nitrogens is 1. The minimum atomic E-state index is 0.685. The van der Waals surface area contributed by atoms with Gasteiger partial charge in [-0.1, -0.05) is 46.3 Å². The fourth-order valence-electron chi connectivity index (χ4n) is 3.70. The summed E-state index contributed by atoms with van der Waals surface area (Å²) in [6, 6.07) is 17.4. The van der Waals surface area contributed by atoms with Crippen LogP contribution < -0.4 is 5.32 Å². The van der Waals surface area contributed by atoms with Crippen LogP contribution in [0.3, 0.4) is 0 Å². The molecule has 2 heterocycles. The molecule has 1 aliphatic heterocycles. The third kappa shape index (κ3) is 3.08. The molecule has 0 saturated carbocycles. The highest BCUT2D eigenvalue weighted by Crippen LogP contribution is 2.33. The Morgan fingerprint density at radius 3 is 2.70 bits per heavy atom. The first-order chi connectivity index (χ1) is 11.3. The SMILES string of the molecule is Brc1cccc(Cn2cc(C3CCNCC3)c3ccccc32)c1. The molecule has 3 aromatic rings. The number of halogens is 1. The van der Waals surface area contributed by atoms with E-state index >= 15 is 0 Å². The Balaban J connectivity index is 1.74. The number of nitrogens with one attached hydrogen (secondary N) is 1. The summed E-state index contributed by atoms with van der Waals surface area (Å²) < 4.78 is 3.55. The number of nitrogens with zero attached hydrogens (tertiary/aromatic N) is 1. The van der Waals surface area contributed by atoms with Crippen molar-refractivity contribution in [1.29, 1.82) is 0 Å². The van der Waals surface area contributed by atoms with E-state index in [4.69, 9.17) is 0 Å². The Kier molecular flexibility index (Phi) is 4.23. The minimum absolute atomic E-state index is 0.685. The molecule has 1 aliphatic rings. The molecular formula is C20H21BrN2. The second-order valence-corrected chi connectivity index (χ2v) is 7.30. The Bertz CT molecular complexity index is 815. The number of piperidine rings is 1. The van der Waals surface area contributed by atoms with Crippen LogP contribution in [0.4, 0.5) is 0 Å². The van der Waals surface area contributed by atoms with Gasteiger partial charge in [0.2, 0.25) is 0 Å². The largest absolute Gasteiger partial charge is 0.343 e. The normalized spacial score (nSPS) is 16.0. The van der Waals surface area contributed by atoms with Gasteiger partial charge in [0.1, 0.15) is 0 Å². The summed E-state index contributed by atoms with van der Waals surface area (Å²) in [6.45, 7) is 3.19. The quantitative estimate of drug-likeness (QED) is 0.694. The van der Waals surface area contributed by atoms with E-state index in [1.54, 1.807) is 0 Å². The van der Waals surface area contributed by atoms with Crippen molar-refractivity contribution in [1.82, 2.24) is 9.88 Å². The zero-order chi connectivity index (χ0) is 15.6. The second-order valence-electron chi connectivity index (χ2n) is 6.38. The van der Waals surface area contributed by atoms with Crippen LogP contribution in [0.5, 0.6) is 0 Å². The van der Waals surface area contributed by atoms with Gasteiger partial charge in [-0.15, -0.1) is 0 Å². The molecule has 1 fully saturated rings. The summed E-state index contributed by atoms with van der Waals surface area (Å²) >= 11 is 3.58. The van der Waals surface area contributed by atoms with Crippen molar-refractivity contribution >= 4 is 26.8 Å². The van der Waals surface area contributed by atoms with E-state index in [-0.39, 0.29) is 0 Å². The minimum Gasteiger partial charge on any atom is -0.343 e. The summed E-state index contributed by atoms with van der Waals surface area (Å²) in [5.74, 6) is 0.685. The van der Waals surface area contributed by atoms with Crippen molar-refractivity contribution in [3.8, 4) is 0 Å². The van der Waals surface area contributed by atoms with Gasteiger partial charge in [0.25, 0.3) is 0 Å². The maximum Gasteiger partial charge on any atom is 0.0486 e. The summed E-state index contributed by atoms with van der Waals surface area (Å²) in [7, 11) is 0. The lowest BCUT2D eigenvalue weighted by molar-refractivity contribution is 0.461. The molecule has 118 valence electrons. The Morgan fingerprint density at radius 1 is 1.04 bits per heavy atom. The van der Waals surface area contributed by atoms with Crippen molar-refractivity contribution in [3.63, 3.8) is 0 Å². The first-order valence-electron chi connectivity index (χ1n) is 8.34. The van der Waals surface area contributed by atoms with Crippen molar-refractivity contribution in [2.75, 3.05) is 13.1 Å². The molecule has 23 heavy (non-hydrogen) atoms. The predicted molar refractivity (Wildman–Crippen MR) is 100 cm³/mol. The van der Waals surface area contributed by atoms with Gasteiger partial charge >= 0.3 is 0 Å². The first kappa shape index (κ1) is 15.0. The van der Waals surface area contributed by atoms with Crippen LogP contribution in [0, 0.1) is 0 Å². The molecule has 1 aromatic heterocycles. The van der Waals surface area contributed by atoms with E-state index in [2.05, 4.69) is 80.5 Å². The zero-order valence-corrected chi connectivity index (χ0v) is 14.7. The molecular weight excluding hydrogens is 348 g/mol. The highest BCUT2D eigenvalue weighted by atomic mass is 79.9. The van der Waals surface area contributed by atoms with Gasteiger partial charge in [-0.25, -0.2) is 0 Å². The molecule has 0 aliphatic carbocycles. The third-order valence-electron chi connectivity index (χ3n) is 4.84. The van der Waals surface area contributed by atoms with Gasteiger partial charge in [0.05, 0.1) is 0 Å². The van der Waals surface area contributed by atoms with Crippen LogP contribution in [-0.4, -0.2) is 17.7 Å². The number of rotatable bonds is 3. The van der Waals surface area contributed by atoms with Crippen LogP contribution in [0.2, 0.25) is 0 Å². The lowest BCUT2D eigenvalue weighted by Crippen LogP contribution is -2.26. The average molecular weight is 369 g/mol. The zero-order valence-electron chi connectivity index (χ0n) is 13.1. The van der Waals surface area contributed by atoms with Crippen LogP contribution >= 0.6 is 15.9 Å². The average Bonchev–Trinajstić information content (AvgIpc) is 2.95. The lowest BCUT2D eigenvalue weighted by atomic mass is 9.90. The van der Waals surface area contributed by atoms with E-state index < -0.39 is 0 Å². The number of fused-ring (bicyclic) bond motifs is 1. The Labute approximate surface area is 145 Å². The molecule has 0 radical (unpaired) electrons. The lowest BCUT2D eigenvalue weighted by Gasteiger charge is -2.22. The molecule has 1 saturated heterocycles. The third-order valence-corrected chi connectivity index (χ3v) is 5.33. The van der Waals surface area contributed by atoms with E-state index in [1.807, 2.05) is 0 Å². The van der Waals surface area contributed by atoms with Crippen LogP contribution in [0.25, 0.3) is 10.9 Å². The molecule has 0 bridgehead atoms. The first-order valence-corrected chi connectivity index (χ1v) is 9.13. The van der Waals surface area contributed by atoms with Crippen LogP contribution in [0.1, 0.15) is 29.9 Å². The molecule has 1 N–H and O–H groups in total. The second kappa shape index (κ2) is 6.50.